The smallest absolute Gasteiger partial charge is 0.350 e. The first-order chi connectivity index (χ1) is 10.2. The first kappa shape index (κ1) is 16.7. The first-order valence-corrected chi connectivity index (χ1v) is 8.01. The Balaban J connectivity index is 2.11. The van der Waals surface area contributed by atoms with Crippen molar-refractivity contribution in [3.63, 3.8) is 0 Å². The second kappa shape index (κ2) is 5.83. The molecule has 0 radical (unpaired) electrons. The van der Waals surface area contributed by atoms with Gasteiger partial charge in [-0.05, 0) is 32.1 Å². The molecular weight excluding hydrogens is 300 g/mol. The third-order valence-electron chi connectivity index (χ3n) is 4.10. The number of nitrogens with zero attached hydrogens (tertiary/aromatic N) is 1. The fourth-order valence-electron chi connectivity index (χ4n) is 2.76. The molecule has 1 aliphatic rings. The van der Waals surface area contributed by atoms with Crippen molar-refractivity contribution in [3.8, 4) is 0 Å². The summed E-state index contributed by atoms with van der Waals surface area (Å²) in [5.41, 5.74) is 1.74. The highest BCUT2D eigenvalue weighted by Crippen LogP contribution is 2.59. The quantitative estimate of drug-likeness (QED) is 0.681. The molecule has 6 heteroatoms. The van der Waals surface area contributed by atoms with Gasteiger partial charge in [0.15, 0.2) is 5.13 Å². The topological polar surface area (TPSA) is 68.3 Å². The van der Waals surface area contributed by atoms with Gasteiger partial charge in [-0.2, -0.15) is 0 Å². The van der Waals surface area contributed by atoms with E-state index < -0.39 is 5.97 Å². The third kappa shape index (κ3) is 3.06. The molecule has 1 amide bonds. The van der Waals surface area contributed by atoms with Crippen LogP contribution in [-0.2, 0) is 9.53 Å². The molecule has 22 heavy (non-hydrogen) atoms. The van der Waals surface area contributed by atoms with E-state index in [0.29, 0.717) is 15.7 Å². The maximum Gasteiger partial charge on any atom is 0.350 e. The van der Waals surface area contributed by atoms with E-state index in [1.807, 2.05) is 13.8 Å². The van der Waals surface area contributed by atoms with Gasteiger partial charge < -0.3 is 10.1 Å². The summed E-state index contributed by atoms with van der Waals surface area (Å²) in [4.78, 5) is 28.7. The summed E-state index contributed by atoms with van der Waals surface area (Å²) < 4.78 is 4.70. The van der Waals surface area contributed by atoms with Crippen molar-refractivity contribution in [2.24, 2.45) is 17.3 Å². The number of allylic oxidation sites excluding steroid dienone is 2. The molecule has 0 spiro atoms. The van der Waals surface area contributed by atoms with E-state index in [2.05, 4.69) is 30.2 Å². The predicted molar refractivity (Wildman–Crippen MR) is 87.0 cm³/mol. The molecule has 2 unspecified atom stereocenters. The monoisotopic (exact) mass is 322 g/mol. The number of nitrogens with one attached hydrogen (secondary N) is 1. The van der Waals surface area contributed by atoms with Crippen molar-refractivity contribution >= 4 is 28.3 Å². The number of aryl methyl sites for hydroxylation is 1. The van der Waals surface area contributed by atoms with Gasteiger partial charge >= 0.3 is 5.97 Å². The van der Waals surface area contributed by atoms with E-state index in [-0.39, 0.29) is 23.2 Å². The second-order valence-electron chi connectivity index (χ2n) is 6.48. The Morgan fingerprint density at radius 3 is 2.55 bits per heavy atom. The number of carbonyl (C=O) groups excluding carboxylic acids is 2. The number of rotatable bonds is 4. The fraction of sp³-hybridized carbons (Fsp3) is 0.562. The minimum absolute atomic E-state index is 0.0428. The summed E-state index contributed by atoms with van der Waals surface area (Å²) in [7, 11) is 1.33. The van der Waals surface area contributed by atoms with Gasteiger partial charge in [-0.3, -0.25) is 4.79 Å². The van der Waals surface area contributed by atoms with E-state index in [4.69, 9.17) is 4.74 Å². The summed E-state index contributed by atoms with van der Waals surface area (Å²) in [6, 6.07) is 0. The van der Waals surface area contributed by atoms with Crippen LogP contribution >= 0.6 is 11.3 Å². The zero-order valence-electron chi connectivity index (χ0n) is 13.8. The summed E-state index contributed by atoms with van der Waals surface area (Å²) in [5.74, 6) is -0.283. The molecule has 0 saturated heterocycles. The normalized spacial score (nSPS) is 21.9. The zero-order chi connectivity index (χ0) is 16.7. The fourth-order valence-corrected chi connectivity index (χ4v) is 3.65. The Morgan fingerprint density at radius 1 is 1.36 bits per heavy atom. The van der Waals surface area contributed by atoms with Crippen LogP contribution in [0.25, 0.3) is 0 Å². The Morgan fingerprint density at radius 2 is 2.00 bits per heavy atom. The van der Waals surface area contributed by atoms with Crippen molar-refractivity contribution in [1.29, 1.82) is 0 Å². The van der Waals surface area contributed by atoms with Crippen LogP contribution in [0.1, 0.15) is 43.1 Å². The van der Waals surface area contributed by atoms with Crippen LogP contribution in [0.4, 0.5) is 5.13 Å². The lowest BCUT2D eigenvalue weighted by Crippen LogP contribution is -2.16. The lowest BCUT2D eigenvalue weighted by atomic mass is 10.1. The maximum atomic E-state index is 12.5. The van der Waals surface area contributed by atoms with Crippen LogP contribution in [0.5, 0.6) is 0 Å². The SMILES string of the molecule is COC(=O)c1sc(NC(=O)C2C(C=C(C)C)C2(C)C)nc1C. The molecule has 2 atom stereocenters. The summed E-state index contributed by atoms with van der Waals surface area (Å²) in [6.45, 7) is 9.99. The second-order valence-corrected chi connectivity index (χ2v) is 7.48. The van der Waals surface area contributed by atoms with Crippen molar-refractivity contribution in [2.75, 3.05) is 12.4 Å². The Hall–Kier alpha value is -1.69. The lowest BCUT2D eigenvalue weighted by Gasteiger charge is -2.02. The van der Waals surface area contributed by atoms with Gasteiger partial charge in [0, 0.05) is 0 Å². The highest BCUT2D eigenvalue weighted by molar-refractivity contribution is 7.17. The molecule has 5 nitrogen and oxygen atoms in total. The number of amides is 1. The number of hydrogen-bond donors (Lipinski definition) is 1. The van der Waals surface area contributed by atoms with Gasteiger partial charge in [0.25, 0.3) is 0 Å². The Labute approximate surface area is 134 Å². The van der Waals surface area contributed by atoms with Gasteiger partial charge in [-0.25, -0.2) is 9.78 Å². The highest BCUT2D eigenvalue weighted by Gasteiger charge is 2.60. The molecule has 1 aromatic heterocycles. The highest BCUT2D eigenvalue weighted by atomic mass is 32.1. The number of carbonyl (C=O) groups is 2. The number of anilines is 1. The number of methoxy groups -OCH3 is 1. The summed E-state index contributed by atoms with van der Waals surface area (Å²) >= 11 is 1.15. The molecule has 120 valence electrons. The Bertz CT molecular complexity index is 642. The number of ether oxygens (including phenoxy) is 1. The van der Waals surface area contributed by atoms with E-state index in [1.165, 1.54) is 12.7 Å². The minimum Gasteiger partial charge on any atom is -0.465 e. The van der Waals surface area contributed by atoms with Crippen molar-refractivity contribution in [1.82, 2.24) is 4.98 Å². The molecule has 1 N–H and O–H groups in total. The molecule has 0 bridgehead atoms. The van der Waals surface area contributed by atoms with Crippen LogP contribution in [0.2, 0.25) is 0 Å². The number of thiazole rings is 1. The van der Waals surface area contributed by atoms with E-state index in [1.54, 1.807) is 6.92 Å². The van der Waals surface area contributed by atoms with Crippen LogP contribution in [0.3, 0.4) is 0 Å². The van der Waals surface area contributed by atoms with E-state index >= 15 is 0 Å². The molecule has 1 aliphatic carbocycles. The predicted octanol–water partition coefficient (Wildman–Crippen LogP) is 3.42. The van der Waals surface area contributed by atoms with E-state index in [0.717, 1.165) is 11.3 Å². The third-order valence-corrected chi connectivity index (χ3v) is 5.16. The molecule has 0 aliphatic heterocycles. The maximum absolute atomic E-state index is 12.5. The van der Waals surface area contributed by atoms with Crippen LogP contribution in [0, 0.1) is 24.2 Å². The first-order valence-electron chi connectivity index (χ1n) is 7.20. The lowest BCUT2D eigenvalue weighted by molar-refractivity contribution is -0.118. The number of aromatic nitrogens is 1. The number of hydrogen-bond acceptors (Lipinski definition) is 5. The molecule has 1 aromatic rings. The minimum atomic E-state index is -0.426. The van der Waals surface area contributed by atoms with Crippen molar-refractivity contribution < 1.29 is 14.3 Å². The largest absolute Gasteiger partial charge is 0.465 e. The average Bonchev–Trinajstić information content (AvgIpc) is 2.76. The average molecular weight is 322 g/mol. The molecule has 0 aromatic carbocycles. The standard InChI is InChI=1S/C16H22N2O3S/c1-8(2)7-10-11(16(10,4)5)13(19)18-15-17-9(3)12(22-15)14(20)21-6/h7,10-11H,1-6H3,(H,17,18,19). The van der Waals surface area contributed by atoms with Crippen LogP contribution < -0.4 is 5.32 Å². The number of esters is 1. The van der Waals surface area contributed by atoms with Crippen LogP contribution in [-0.4, -0.2) is 24.0 Å². The Kier molecular flexibility index (Phi) is 4.42. The van der Waals surface area contributed by atoms with Gasteiger partial charge in [0.1, 0.15) is 4.88 Å². The molecule has 2 rings (SSSR count). The van der Waals surface area contributed by atoms with Gasteiger partial charge in [0.05, 0.1) is 18.7 Å². The van der Waals surface area contributed by atoms with Gasteiger partial charge in [0.2, 0.25) is 5.91 Å². The zero-order valence-corrected chi connectivity index (χ0v) is 14.6. The van der Waals surface area contributed by atoms with Gasteiger partial charge in [-0.15, -0.1) is 0 Å². The summed E-state index contributed by atoms with van der Waals surface area (Å²) in [6.07, 6.45) is 2.15. The van der Waals surface area contributed by atoms with Crippen LogP contribution in [0.15, 0.2) is 11.6 Å². The van der Waals surface area contributed by atoms with E-state index in [9.17, 15) is 9.59 Å². The van der Waals surface area contributed by atoms with Gasteiger partial charge in [-0.1, -0.05) is 36.8 Å². The molecular formula is C16H22N2O3S. The molecule has 1 saturated carbocycles. The molecule has 1 heterocycles. The van der Waals surface area contributed by atoms with Crippen molar-refractivity contribution in [3.05, 3.63) is 22.2 Å². The van der Waals surface area contributed by atoms with Crippen molar-refractivity contribution in [2.45, 2.75) is 34.6 Å². The summed E-state index contributed by atoms with van der Waals surface area (Å²) in [5, 5.41) is 3.28. The molecule has 1 fully saturated rings.